The third-order valence-electron chi connectivity index (χ3n) is 7.06. The number of hydrogen-bond donors (Lipinski definition) is 3. The maximum absolute atomic E-state index is 15.1. The Labute approximate surface area is 256 Å². The van der Waals surface area contributed by atoms with Crippen LogP contribution in [0.3, 0.4) is 0 Å². The Morgan fingerprint density at radius 1 is 1.05 bits per heavy atom. The number of carbonyl (C=O) groups excluding carboxylic acids is 2. The Balaban J connectivity index is 1.38. The SMILES string of the molecule is CC(C)(C)OC(=O)NCc1cccc(-n2nc(C#N)cc2C(=O)Nc2cc(C(NCC3CC3)c3ccccc3)ccc2F)c1. The molecule has 3 N–H and O–H groups in total. The lowest BCUT2D eigenvalue weighted by Gasteiger charge is -2.21. The summed E-state index contributed by atoms with van der Waals surface area (Å²) in [5, 5.41) is 22.8. The van der Waals surface area contributed by atoms with Crippen molar-refractivity contribution in [2.75, 3.05) is 11.9 Å². The number of rotatable bonds is 10. The smallest absolute Gasteiger partial charge is 0.407 e. The first kappa shape index (κ1) is 30.4. The second-order valence-corrected chi connectivity index (χ2v) is 11.9. The van der Waals surface area contributed by atoms with Crippen molar-refractivity contribution in [3.05, 3.63) is 113 Å². The zero-order chi connectivity index (χ0) is 31.3. The summed E-state index contributed by atoms with van der Waals surface area (Å²) in [5.74, 6) is -0.575. The second-order valence-electron chi connectivity index (χ2n) is 11.9. The Morgan fingerprint density at radius 3 is 2.52 bits per heavy atom. The minimum absolute atomic E-state index is 0.0169. The molecule has 0 saturated heterocycles. The molecule has 1 fully saturated rings. The number of benzene rings is 3. The monoisotopic (exact) mass is 594 g/mol. The van der Waals surface area contributed by atoms with Gasteiger partial charge in [0.1, 0.15) is 23.2 Å². The van der Waals surface area contributed by atoms with Gasteiger partial charge in [0, 0.05) is 12.6 Å². The summed E-state index contributed by atoms with van der Waals surface area (Å²) in [6.45, 7) is 6.35. The molecule has 5 rings (SSSR count). The average molecular weight is 595 g/mol. The maximum Gasteiger partial charge on any atom is 0.407 e. The molecule has 1 atom stereocenters. The van der Waals surface area contributed by atoms with Crippen molar-refractivity contribution in [3.8, 4) is 11.8 Å². The van der Waals surface area contributed by atoms with Crippen molar-refractivity contribution < 1.29 is 18.7 Å². The van der Waals surface area contributed by atoms with Crippen molar-refractivity contribution in [3.63, 3.8) is 0 Å². The van der Waals surface area contributed by atoms with Crippen LogP contribution in [0.4, 0.5) is 14.9 Å². The molecule has 4 aromatic rings. The van der Waals surface area contributed by atoms with E-state index in [1.807, 2.05) is 36.4 Å². The molecule has 1 saturated carbocycles. The lowest BCUT2D eigenvalue weighted by molar-refractivity contribution is 0.0523. The minimum Gasteiger partial charge on any atom is -0.444 e. The van der Waals surface area contributed by atoms with Gasteiger partial charge in [0.2, 0.25) is 0 Å². The number of nitrogens with one attached hydrogen (secondary N) is 3. The highest BCUT2D eigenvalue weighted by Gasteiger charge is 2.25. The van der Waals surface area contributed by atoms with E-state index < -0.39 is 23.4 Å². The van der Waals surface area contributed by atoms with E-state index in [0.717, 1.165) is 23.2 Å². The van der Waals surface area contributed by atoms with Gasteiger partial charge in [-0.3, -0.25) is 4.79 Å². The summed E-state index contributed by atoms with van der Waals surface area (Å²) >= 11 is 0. The molecule has 1 aliphatic carbocycles. The fourth-order valence-electron chi connectivity index (χ4n) is 4.77. The summed E-state index contributed by atoms with van der Waals surface area (Å²) in [6.07, 6.45) is 1.83. The number of alkyl carbamates (subject to hydrolysis) is 1. The predicted molar refractivity (Wildman–Crippen MR) is 165 cm³/mol. The van der Waals surface area contributed by atoms with Crippen LogP contribution in [-0.4, -0.2) is 33.9 Å². The fraction of sp³-hybridized carbons (Fsp3) is 0.294. The van der Waals surface area contributed by atoms with Crippen LogP contribution >= 0.6 is 0 Å². The van der Waals surface area contributed by atoms with Crippen LogP contribution in [0.2, 0.25) is 0 Å². The predicted octanol–water partition coefficient (Wildman–Crippen LogP) is 6.25. The van der Waals surface area contributed by atoms with Crippen molar-refractivity contribution >= 4 is 17.7 Å². The van der Waals surface area contributed by atoms with Gasteiger partial charge in [-0.15, -0.1) is 0 Å². The van der Waals surface area contributed by atoms with Gasteiger partial charge in [-0.1, -0.05) is 48.5 Å². The number of nitrogens with zero attached hydrogens (tertiary/aromatic N) is 3. The van der Waals surface area contributed by atoms with Gasteiger partial charge >= 0.3 is 6.09 Å². The van der Waals surface area contributed by atoms with Crippen molar-refractivity contribution in [2.45, 2.75) is 51.8 Å². The number of anilines is 1. The summed E-state index contributed by atoms with van der Waals surface area (Å²) in [7, 11) is 0. The number of nitriles is 1. The van der Waals surface area contributed by atoms with Crippen molar-refractivity contribution in [2.24, 2.45) is 5.92 Å². The molecule has 1 aliphatic rings. The maximum atomic E-state index is 15.1. The molecule has 1 unspecified atom stereocenters. The van der Waals surface area contributed by atoms with Gasteiger partial charge in [0.15, 0.2) is 5.69 Å². The summed E-state index contributed by atoms with van der Waals surface area (Å²) in [4.78, 5) is 25.7. The van der Waals surface area contributed by atoms with E-state index in [1.165, 1.54) is 29.7 Å². The van der Waals surface area contributed by atoms with Crippen LogP contribution in [0.25, 0.3) is 5.69 Å². The van der Waals surface area contributed by atoms with Crippen LogP contribution in [0.1, 0.15) is 72.5 Å². The Morgan fingerprint density at radius 2 is 1.82 bits per heavy atom. The number of ether oxygens (including phenoxy) is 1. The molecule has 0 radical (unpaired) electrons. The van der Waals surface area contributed by atoms with E-state index in [4.69, 9.17) is 4.74 Å². The average Bonchev–Trinajstić information content (AvgIpc) is 3.72. The Kier molecular flexibility index (Phi) is 9.07. The Hall–Kier alpha value is -5.01. The van der Waals surface area contributed by atoms with E-state index in [2.05, 4.69) is 21.0 Å². The van der Waals surface area contributed by atoms with Gasteiger partial charge in [-0.25, -0.2) is 13.9 Å². The van der Waals surface area contributed by atoms with Crippen LogP contribution in [-0.2, 0) is 11.3 Å². The molecule has 226 valence electrons. The van der Waals surface area contributed by atoms with Gasteiger partial charge in [0.25, 0.3) is 5.91 Å². The quantitative estimate of drug-likeness (QED) is 0.200. The lowest BCUT2D eigenvalue weighted by atomic mass is 9.97. The van der Waals surface area contributed by atoms with E-state index >= 15 is 4.39 Å². The largest absolute Gasteiger partial charge is 0.444 e. The molecule has 2 amide bonds. The lowest BCUT2D eigenvalue weighted by Crippen LogP contribution is -2.32. The summed E-state index contributed by atoms with van der Waals surface area (Å²) in [6, 6.07) is 24.8. The van der Waals surface area contributed by atoms with E-state index in [-0.39, 0.29) is 29.7 Å². The molecule has 44 heavy (non-hydrogen) atoms. The first-order valence-corrected chi connectivity index (χ1v) is 14.5. The zero-order valence-electron chi connectivity index (χ0n) is 24.9. The first-order chi connectivity index (χ1) is 21.1. The van der Waals surface area contributed by atoms with Crippen LogP contribution in [0, 0.1) is 23.1 Å². The van der Waals surface area contributed by atoms with Gasteiger partial charge in [-0.2, -0.15) is 10.4 Å². The zero-order valence-corrected chi connectivity index (χ0v) is 24.9. The molecule has 9 nitrogen and oxygen atoms in total. The molecular weight excluding hydrogens is 559 g/mol. The number of hydrogen-bond acceptors (Lipinski definition) is 6. The van der Waals surface area contributed by atoms with E-state index in [1.54, 1.807) is 57.2 Å². The van der Waals surface area contributed by atoms with Gasteiger partial charge in [-0.05, 0) is 87.0 Å². The van der Waals surface area contributed by atoms with E-state index in [0.29, 0.717) is 11.6 Å². The van der Waals surface area contributed by atoms with Crippen LogP contribution in [0.5, 0.6) is 0 Å². The topological polar surface area (TPSA) is 121 Å². The summed E-state index contributed by atoms with van der Waals surface area (Å²) in [5.41, 5.74) is 2.51. The minimum atomic E-state index is -0.633. The highest BCUT2D eigenvalue weighted by Crippen LogP contribution is 2.31. The fourth-order valence-corrected chi connectivity index (χ4v) is 4.77. The third kappa shape index (κ3) is 7.88. The normalized spacial score (nSPS) is 13.5. The summed E-state index contributed by atoms with van der Waals surface area (Å²) < 4.78 is 21.7. The molecule has 0 bridgehead atoms. The molecule has 10 heteroatoms. The number of aromatic nitrogens is 2. The second kappa shape index (κ2) is 13.1. The highest BCUT2D eigenvalue weighted by atomic mass is 19.1. The van der Waals surface area contributed by atoms with Crippen molar-refractivity contribution in [1.82, 2.24) is 20.4 Å². The third-order valence-corrected chi connectivity index (χ3v) is 7.06. The molecule has 0 aliphatic heterocycles. The number of carbonyl (C=O) groups is 2. The van der Waals surface area contributed by atoms with Crippen LogP contribution < -0.4 is 16.0 Å². The standard InChI is InChI=1S/C34H35FN6O3/c1-34(2,3)44-33(43)38-21-23-8-7-11-27(16-23)41-30(18-26(19-36)40-41)32(42)39-29-17-25(14-15-28(29)35)31(37-20-22-12-13-22)24-9-5-4-6-10-24/h4-11,14-18,22,31,37H,12-13,20-21H2,1-3H3,(H,38,43)(H,39,42). The molecule has 0 spiro atoms. The molecular formula is C34H35FN6O3. The number of halogens is 1. The van der Waals surface area contributed by atoms with E-state index in [9.17, 15) is 14.9 Å². The first-order valence-electron chi connectivity index (χ1n) is 14.5. The van der Waals surface area contributed by atoms with Crippen LogP contribution in [0.15, 0.2) is 78.9 Å². The number of amides is 2. The van der Waals surface area contributed by atoms with Crippen molar-refractivity contribution in [1.29, 1.82) is 5.26 Å². The molecule has 1 heterocycles. The Bertz CT molecular complexity index is 1690. The molecule has 1 aromatic heterocycles. The molecule has 3 aromatic carbocycles. The van der Waals surface area contributed by atoms with Gasteiger partial charge in [0.05, 0.1) is 17.4 Å². The van der Waals surface area contributed by atoms with Gasteiger partial charge < -0.3 is 20.7 Å². The highest BCUT2D eigenvalue weighted by molar-refractivity contribution is 6.03.